The second kappa shape index (κ2) is 2.54. The minimum Gasteiger partial charge on any atom is -0.203 e. The van der Waals surface area contributed by atoms with Crippen molar-refractivity contribution in [2.45, 2.75) is 13.8 Å². The maximum Gasteiger partial charge on any atom is 0.213 e. The molecule has 3 aromatic rings. The van der Waals surface area contributed by atoms with Crippen molar-refractivity contribution in [1.29, 1.82) is 0 Å². The highest BCUT2D eigenvalue weighted by atomic mass is 32.1. The molecule has 0 amide bonds. The van der Waals surface area contributed by atoms with Gasteiger partial charge in [-0.1, -0.05) is 17.4 Å². The minimum atomic E-state index is 0.833. The second-order valence-electron chi connectivity index (χ2n) is 3.43. The SMILES string of the molecule is Cc1ccc2sc3nc(C)nn3c2c1. The number of benzene rings is 1. The van der Waals surface area contributed by atoms with Crippen LogP contribution in [-0.4, -0.2) is 14.6 Å². The van der Waals surface area contributed by atoms with Gasteiger partial charge in [0.25, 0.3) is 0 Å². The summed E-state index contributed by atoms with van der Waals surface area (Å²) in [6.45, 7) is 4.01. The number of aryl methyl sites for hydroxylation is 2. The number of hydrogen-bond donors (Lipinski definition) is 0. The van der Waals surface area contributed by atoms with Crippen molar-refractivity contribution in [1.82, 2.24) is 14.6 Å². The number of nitrogens with zero attached hydrogens (tertiary/aromatic N) is 3. The molecule has 4 heteroatoms. The van der Waals surface area contributed by atoms with Crippen LogP contribution in [0.25, 0.3) is 15.2 Å². The molecule has 0 N–H and O–H groups in total. The number of thiazole rings is 1. The summed E-state index contributed by atoms with van der Waals surface area (Å²) in [4.78, 5) is 5.33. The van der Waals surface area contributed by atoms with Gasteiger partial charge < -0.3 is 0 Å². The third-order valence-electron chi connectivity index (χ3n) is 2.23. The van der Waals surface area contributed by atoms with Crippen LogP contribution in [0.1, 0.15) is 11.4 Å². The Hall–Kier alpha value is -1.42. The molecular formula is C10H9N3S. The van der Waals surface area contributed by atoms with E-state index >= 15 is 0 Å². The van der Waals surface area contributed by atoms with Gasteiger partial charge >= 0.3 is 0 Å². The average Bonchev–Trinajstić information content (AvgIpc) is 2.62. The molecule has 0 fully saturated rings. The van der Waals surface area contributed by atoms with Crippen LogP contribution in [0.15, 0.2) is 18.2 Å². The molecule has 14 heavy (non-hydrogen) atoms. The monoisotopic (exact) mass is 203 g/mol. The van der Waals surface area contributed by atoms with Crippen LogP contribution in [0.5, 0.6) is 0 Å². The Morgan fingerprint density at radius 3 is 3.00 bits per heavy atom. The molecule has 0 aliphatic heterocycles. The van der Waals surface area contributed by atoms with Crippen molar-refractivity contribution in [2.75, 3.05) is 0 Å². The Balaban J connectivity index is 2.55. The van der Waals surface area contributed by atoms with Gasteiger partial charge in [0, 0.05) is 0 Å². The van der Waals surface area contributed by atoms with Crippen LogP contribution in [-0.2, 0) is 0 Å². The zero-order chi connectivity index (χ0) is 9.71. The molecule has 1 aromatic carbocycles. The topological polar surface area (TPSA) is 30.2 Å². The van der Waals surface area contributed by atoms with Crippen LogP contribution < -0.4 is 0 Å². The summed E-state index contributed by atoms with van der Waals surface area (Å²) in [6, 6.07) is 6.39. The molecule has 0 saturated carbocycles. The van der Waals surface area contributed by atoms with E-state index in [0.717, 1.165) is 16.3 Å². The van der Waals surface area contributed by atoms with Crippen LogP contribution in [0.4, 0.5) is 0 Å². The molecule has 0 saturated heterocycles. The van der Waals surface area contributed by atoms with E-state index < -0.39 is 0 Å². The molecule has 0 bridgehead atoms. The molecule has 2 heterocycles. The lowest BCUT2D eigenvalue weighted by Gasteiger charge is -1.91. The van der Waals surface area contributed by atoms with Gasteiger partial charge in [-0.2, -0.15) is 5.10 Å². The fourth-order valence-corrected chi connectivity index (χ4v) is 2.58. The van der Waals surface area contributed by atoms with Gasteiger partial charge in [0.2, 0.25) is 4.96 Å². The second-order valence-corrected chi connectivity index (χ2v) is 4.44. The molecule has 0 radical (unpaired) electrons. The van der Waals surface area contributed by atoms with E-state index in [0.29, 0.717) is 0 Å². The van der Waals surface area contributed by atoms with Crippen LogP contribution in [0.3, 0.4) is 0 Å². The Labute approximate surface area is 85.0 Å². The predicted molar refractivity (Wildman–Crippen MR) is 57.8 cm³/mol. The van der Waals surface area contributed by atoms with E-state index in [9.17, 15) is 0 Å². The molecule has 2 aromatic heterocycles. The Morgan fingerprint density at radius 2 is 2.14 bits per heavy atom. The van der Waals surface area contributed by atoms with Crippen molar-refractivity contribution in [3.63, 3.8) is 0 Å². The number of hydrogen-bond acceptors (Lipinski definition) is 3. The van der Waals surface area contributed by atoms with Crippen molar-refractivity contribution < 1.29 is 0 Å². The van der Waals surface area contributed by atoms with E-state index in [1.165, 1.54) is 10.3 Å². The van der Waals surface area contributed by atoms with E-state index in [1.807, 2.05) is 11.4 Å². The van der Waals surface area contributed by atoms with Crippen LogP contribution in [0, 0.1) is 13.8 Å². The fourth-order valence-electron chi connectivity index (χ4n) is 1.60. The number of aromatic nitrogens is 3. The lowest BCUT2D eigenvalue weighted by atomic mass is 10.2. The van der Waals surface area contributed by atoms with Crippen LogP contribution >= 0.6 is 11.3 Å². The average molecular weight is 203 g/mol. The van der Waals surface area contributed by atoms with Gasteiger partial charge in [0.05, 0.1) is 10.2 Å². The predicted octanol–water partition coefficient (Wildman–Crippen LogP) is 2.56. The zero-order valence-corrected chi connectivity index (χ0v) is 8.80. The van der Waals surface area contributed by atoms with E-state index in [2.05, 4.69) is 35.2 Å². The van der Waals surface area contributed by atoms with Crippen molar-refractivity contribution in [3.8, 4) is 0 Å². The highest BCUT2D eigenvalue weighted by molar-refractivity contribution is 7.23. The largest absolute Gasteiger partial charge is 0.213 e. The summed E-state index contributed by atoms with van der Waals surface area (Å²) in [6.07, 6.45) is 0. The molecule has 0 aliphatic carbocycles. The Morgan fingerprint density at radius 1 is 1.29 bits per heavy atom. The van der Waals surface area contributed by atoms with Crippen molar-refractivity contribution in [3.05, 3.63) is 29.6 Å². The quantitative estimate of drug-likeness (QED) is 0.562. The first kappa shape index (κ1) is 7.94. The normalized spacial score (nSPS) is 11.6. The highest BCUT2D eigenvalue weighted by Crippen LogP contribution is 2.25. The summed E-state index contributed by atoms with van der Waals surface area (Å²) in [7, 11) is 0. The standard InChI is InChI=1S/C10H9N3S/c1-6-3-4-9-8(5-6)13-10(14-9)11-7(2)12-13/h3-5H,1-2H3. The molecule has 0 spiro atoms. The minimum absolute atomic E-state index is 0.833. The lowest BCUT2D eigenvalue weighted by Crippen LogP contribution is -1.84. The van der Waals surface area contributed by atoms with E-state index in [4.69, 9.17) is 0 Å². The highest BCUT2D eigenvalue weighted by Gasteiger charge is 2.07. The van der Waals surface area contributed by atoms with E-state index in [-0.39, 0.29) is 0 Å². The fraction of sp³-hybridized carbons (Fsp3) is 0.200. The molecule has 3 nitrogen and oxygen atoms in total. The summed E-state index contributed by atoms with van der Waals surface area (Å²) < 4.78 is 3.16. The molecule has 0 unspecified atom stereocenters. The van der Waals surface area contributed by atoms with Crippen molar-refractivity contribution >= 4 is 26.5 Å². The summed E-state index contributed by atoms with van der Waals surface area (Å²) >= 11 is 1.68. The number of rotatable bonds is 0. The van der Waals surface area contributed by atoms with Gasteiger partial charge in [-0.3, -0.25) is 0 Å². The molecule has 0 aliphatic rings. The van der Waals surface area contributed by atoms with Crippen molar-refractivity contribution in [2.24, 2.45) is 0 Å². The third-order valence-corrected chi connectivity index (χ3v) is 3.24. The first-order valence-electron chi connectivity index (χ1n) is 4.46. The molecule has 70 valence electrons. The summed E-state index contributed by atoms with van der Waals surface area (Å²) in [5.74, 6) is 0.833. The zero-order valence-electron chi connectivity index (χ0n) is 7.98. The smallest absolute Gasteiger partial charge is 0.203 e. The maximum atomic E-state index is 4.36. The maximum absolute atomic E-state index is 4.36. The van der Waals surface area contributed by atoms with Crippen LogP contribution in [0.2, 0.25) is 0 Å². The summed E-state index contributed by atoms with van der Waals surface area (Å²) in [5, 5.41) is 4.36. The Bertz CT molecular complexity index is 621. The molecule has 0 atom stereocenters. The lowest BCUT2D eigenvalue weighted by molar-refractivity contribution is 0.971. The molecular weight excluding hydrogens is 194 g/mol. The number of fused-ring (bicyclic) bond motifs is 3. The van der Waals surface area contributed by atoms with E-state index in [1.54, 1.807) is 11.3 Å². The van der Waals surface area contributed by atoms with Gasteiger partial charge in [-0.25, -0.2) is 9.50 Å². The first-order chi connectivity index (χ1) is 6.74. The third kappa shape index (κ3) is 0.974. The van der Waals surface area contributed by atoms with Gasteiger partial charge in [0.15, 0.2) is 0 Å². The van der Waals surface area contributed by atoms with Gasteiger partial charge in [-0.05, 0) is 31.5 Å². The first-order valence-corrected chi connectivity index (χ1v) is 5.28. The Kier molecular flexibility index (Phi) is 1.44. The molecule has 3 rings (SSSR count). The van der Waals surface area contributed by atoms with Gasteiger partial charge in [0.1, 0.15) is 5.82 Å². The van der Waals surface area contributed by atoms with Gasteiger partial charge in [-0.15, -0.1) is 0 Å². The summed E-state index contributed by atoms with van der Waals surface area (Å²) in [5.41, 5.74) is 2.41.